The van der Waals surface area contributed by atoms with E-state index in [0.29, 0.717) is 12.8 Å². The van der Waals surface area contributed by atoms with Crippen LogP contribution in [0.2, 0.25) is 0 Å². The normalized spacial score (nSPS) is 23.6. The van der Waals surface area contributed by atoms with Crippen molar-refractivity contribution in [1.82, 2.24) is 5.32 Å². The summed E-state index contributed by atoms with van der Waals surface area (Å²) in [5.41, 5.74) is 0. The molecular formula is C13H17NO3S. The molecule has 1 amide bonds. The fourth-order valence-electron chi connectivity index (χ4n) is 2.43. The molecule has 2 rings (SSSR count). The summed E-state index contributed by atoms with van der Waals surface area (Å²) < 4.78 is 0. The number of amides is 1. The van der Waals surface area contributed by atoms with E-state index in [1.165, 1.54) is 0 Å². The summed E-state index contributed by atoms with van der Waals surface area (Å²) in [7, 11) is 0. The van der Waals surface area contributed by atoms with Crippen molar-refractivity contribution in [2.45, 2.75) is 38.1 Å². The van der Waals surface area contributed by atoms with Gasteiger partial charge in [-0.2, -0.15) is 0 Å². The number of aliphatic carboxylic acids is 1. The summed E-state index contributed by atoms with van der Waals surface area (Å²) in [6.07, 6.45) is 3.72. The van der Waals surface area contributed by atoms with E-state index in [2.05, 4.69) is 5.32 Å². The number of carbonyl (C=O) groups is 2. The number of nitrogens with one attached hydrogen (secondary N) is 1. The lowest BCUT2D eigenvalue weighted by atomic mass is 9.84. The second kappa shape index (κ2) is 6.00. The molecule has 1 fully saturated rings. The van der Waals surface area contributed by atoms with E-state index in [9.17, 15) is 9.59 Å². The third kappa shape index (κ3) is 3.32. The Labute approximate surface area is 110 Å². The van der Waals surface area contributed by atoms with Gasteiger partial charge in [-0.1, -0.05) is 18.9 Å². The summed E-state index contributed by atoms with van der Waals surface area (Å²) in [5, 5.41) is 13.9. The van der Waals surface area contributed by atoms with Crippen molar-refractivity contribution >= 4 is 23.2 Å². The molecule has 0 aromatic carbocycles. The minimum absolute atomic E-state index is 0.0735. The van der Waals surface area contributed by atoms with Crippen LogP contribution < -0.4 is 5.32 Å². The number of carbonyl (C=O) groups excluding carboxylic acids is 1. The van der Waals surface area contributed by atoms with Gasteiger partial charge in [0.2, 0.25) is 5.91 Å². The molecule has 2 N–H and O–H groups in total. The monoisotopic (exact) mass is 267 g/mol. The SMILES string of the molecule is O=C(Cc1cccs1)N[C@@H]1CCCC[C@H]1C(=O)O. The molecule has 1 aromatic heterocycles. The zero-order chi connectivity index (χ0) is 13.0. The van der Waals surface area contributed by atoms with E-state index >= 15 is 0 Å². The van der Waals surface area contributed by atoms with Crippen LogP contribution in [-0.4, -0.2) is 23.0 Å². The van der Waals surface area contributed by atoms with Crippen LogP contribution in [0.25, 0.3) is 0 Å². The second-order valence-corrected chi connectivity index (χ2v) is 5.69. The van der Waals surface area contributed by atoms with Gasteiger partial charge in [0.15, 0.2) is 0 Å². The molecule has 1 aliphatic rings. The van der Waals surface area contributed by atoms with Gasteiger partial charge in [0.25, 0.3) is 0 Å². The molecule has 0 bridgehead atoms. The third-order valence-electron chi connectivity index (χ3n) is 3.34. The van der Waals surface area contributed by atoms with Gasteiger partial charge in [-0.25, -0.2) is 0 Å². The lowest BCUT2D eigenvalue weighted by molar-refractivity contribution is -0.144. The van der Waals surface area contributed by atoms with Gasteiger partial charge in [0.1, 0.15) is 0 Å². The first-order valence-electron chi connectivity index (χ1n) is 6.21. The molecule has 2 atom stereocenters. The van der Waals surface area contributed by atoms with Crippen molar-refractivity contribution in [2.24, 2.45) is 5.92 Å². The molecule has 1 aliphatic carbocycles. The molecule has 0 saturated heterocycles. The topological polar surface area (TPSA) is 66.4 Å². The van der Waals surface area contributed by atoms with Crippen LogP contribution in [0.5, 0.6) is 0 Å². The van der Waals surface area contributed by atoms with Crippen molar-refractivity contribution in [3.8, 4) is 0 Å². The Balaban J connectivity index is 1.90. The van der Waals surface area contributed by atoms with Crippen molar-refractivity contribution < 1.29 is 14.7 Å². The fraction of sp³-hybridized carbons (Fsp3) is 0.538. The molecule has 0 unspecified atom stereocenters. The van der Waals surface area contributed by atoms with E-state index in [1.54, 1.807) is 11.3 Å². The smallest absolute Gasteiger partial charge is 0.308 e. The highest BCUT2D eigenvalue weighted by molar-refractivity contribution is 7.10. The van der Waals surface area contributed by atoms with Crippen molar-refractivity contribution in [3.05, 3.63) is 22.4 Å². The minimum Gasteiger partial charge on any atom is -0.481 e. The molecule has 4 nitrogen and oxygen atoms in total. The van der Waals surface area contributed by atoms with Crippen molar-refractivity contribution in [1.29, 1.82) is 0 Å². The van der Waals surface area contributed by atoms with E-state index in [4.69, 9.17) is 5.11 Å². The van der Waals surface area contributed by atoms with E-state index in [0.717, 1.165) is 24.1 Å². The largest absolute Gasteiger partial charge is 0.481 e. The predicted molar refractivity (Wildman–Crippen MR) is 69.5 cm³/mol. The zero-order valence-corrected chi connectivity index (χ0v) is 10.9. The molecule has 0 radical (unpaired) electrons. The first kappa shape index (κ1) is 13.1. The number of hydrogen-bond donors (Lipinski definition) is 2. The molecule has 5 heteroatoms. The molecule has 1 aromatic rings. The average molecular weight is 267 g/mol. The summed E-state index contributed by atoms with van der Waals surface area (Å²) in [5.74, 6) is -1.29. The highest BCUT2D eigenvalue weighted by Crippen LogP contribution is 2.24. The van der Waals surface area contributed by atoms with Gasteiger partial charge in [-0.05, 0) is 24.3 Å². The van der Waals surface area contributed by atoms with Gasteiger partial charge in [-0.3, -0.25) is 9.59 Å². The number of hydrogen-bond acceptors (Lipinski definition) is 3. The Morgan fingerprint density at radius 2 is 2.17 bits per heavy atom. The van der Waals surface area contributed by atoms with E-state index < -0.39 is 11.9 Å². The van der Waals surface area contributed by atoms with Crippen molar-refractivity contribution in [3.63, 3.8) is 0 Å². The number of thiophene rings is 1. The van der Waals surface area contributed by atoms with Gasteiger partial charge in [0.05, 0.1) is 12.3 Å². The molecule has 98 valence electrons. The number of carboxylic acids is 1. The van der Waals surface area contributed by atoms with Crippen LogP contribution in [-0.2, 0) is 16.0 Å². The van der Waals surface area contributed by atoms with Gasteiger partial charge < -0.3 is 10.4 Å². The molecule has 18 heavy (non-hydrogen) atoms. The van der Waals surface area contributed by atoms with Gasteiger partial charge >= 0.3 is 5.97 Å². The Morgan fingerprint density at radius 1 is 1.39 bits per heavy atom. The van der Waals surface area contributed by atoms with Gasteiger partial charge in [-0.15, -0.1) is 11.3 Å². The maximum absolute atomic E-state index is 11.8. The van der Waals surface area contributed by atoms with Crippen LogP contribution in [0.3, 0.4) is 0 Å². The maximum Gasteiger partial charge on any atom is 0.308 e. The zero-order valence-electron chi connectivity index (χ0n) is 10.1. The molecule has 1 saturated carbocycles. The quantitative estimate of drug-likeness (QED) is 0.877. The maximum atomic E-state index is 11.8. The molecule has 1 heterocycles. The van der Waals surface area contributed by atoms with E-state index in [1.807, 2.05) is 17.5 Å². The average Bonchev–Trinajstić information content (AvgIpc) is 2.82. The summed E-state index contributed by atoms with van der Waals surface area (Å²) in [6, 6.07) is 3.62. The Kier molecular flexibility index (Phi) is 4.36. The van der Waals surface area contributed by atoms with Gasteiger partial charge in [0, 0.05) is 10.9 Å². The van der Waals surface area contributed by atoms with Crippen LogP contribution in [0.4, 0.5) is 0 Å². The summed E-state index contributed by atoms with van der Waals surface area (Å²) >= 11 is 1.54. The van der Waals surface area contributed by atoms with Crippen LogP contribution in [0.1, 0.15) is 30.6 Å². The second-order valence-electron chi connectivity index (χ2n) is 4.66. The highest BCUT2D eigenvalue weighted by atomic mass is 32.1. The minimum atomic E-state index is -0.795. The predicted octanol–water partition coefficient (Wildman–Crippen LogP) is 2.05. The van der Waals surface area contributed by atoms with Crippen LogP contribution in [0, 0.1) is 5.92 Å². The molecule has 0 spiro atoms. The first-order valence-corrected chi connectivity index (χ1v) is 7.09. The van der Waals surface area contributed by atoms with Crippen LogP contribution >= 0.6 is 11.3 Å². The third-order valence-corrected chi connectivity index (χ3v) is 4.22. The fourth-order valence-corrected chi connectivity index (χ4v) is 3.13. The molecule has 0 aliphatic heterocycles. The standard InChI is InChI=1S/C13H17NO3S/c15-12(8-9-4-3-7-18-9)14-11-6-2-1-5-10(11)13(16)17/h3-4,7,10-11H,1-2,5-6,8H2,(H,14,15)(H,16,17)/t10-,11-/m1/s1. The lowest BCUT2D eigenvalue weighted by Gasteiger charge is -2.29. The Hall–Kier alpha value is -1.36. The number of rotatable bonds is 4. The summed E-state index contributed by atoms with van der Waals surface area (Å²) in [6.45, 7) is 0. The van der Waals surface area contributed by atoms with Crippen LogP contribution in [0.15, 0.2) is 17.5 Å². The molecular weight excluding hydrogens is 250 g/mol. The van der Waals surface area contributed by atoms with Crippen molar-refractivity contribution in [2.75, 3.05) is 0 Å². The van der Waals surface area contributed by atoms with E-state index in [-0.39, 0.29) is 11.9 Å². The first-order chi connectivity index (χ1) is 8.66. The Morgan fingerprint density at radius 3 is 2.83 bits per heavy atom. The highest BCUT2D eigenvalue weighted by Gasteiger charge is 2.31. The summed E-state index contributed by atoms with van der Waals surface area (Å²) in [4.78, 5) is 24.0. The lowest BCUT2D eigenvalue weighted by Crippen LogP contribution is -2.45. The number of carboxylic acid groups (broad SMARTS) is 1. The Bertz CT molecular complexity index is 416.